The van der Waals surface area contributed by atoms with Gasteiger partial charge in [0.05, 0.1) is 17.1 Å². The van der Waals surface area contributed by atoms with Crippen molar-refractivity contribution < 1.29 is 37.1 Å². The van der Waals surface area contributed by atoms with E-state index >= 15 is 0 Å². The number of benzene rings is 2. The van der Waals surface area contributed by atoms with Crippen LogP contribution in [0, 0.1) is 0 Å². The smallest absolute Gasteiger partial charge is 0.335 e. The fourth-order valence-electron chi connectivity index (χ4n) is 2.36. The minimum absolute atomic E-state index is 0. The average molecular weight is 443 g/mol. The zero-order chi connectivity index (χ0) is 18.2. The van der Waals surface area contributed by atoms with Gasteiger partial charge in [0.2, 0.25) is 0 Å². The van der Waals surface area contributed by atoms with Crippen molar-refractivity contribution in [2.75, 3.05) is 13.7 Å². The molecule has 2 aromatic carbocycles. The molecule has 3 N–H and O–H groups in total. The Balaban J connectivity index is 0.00000338. The second-order valence-electron chi connectivity index (χ2n) is 5.41. The van der Waals surface area contributed by atoms with Crippen LogP contribution in [0.1, 0.15) is 21.5 Å². The normalized spacial score (nSPS) is 9.92. The van der Waals surface area contributed by atoms with Crippen LogP contribution in [0.5, 0.6) is 11.5 Å². The van der Waals surface area contributed by atoms with Crippen molar-refractivity contribution in [1.82, 2.24) is 0 Å². The molecule has 26 heavy (non-hydrogen) atoms. The predicted molar refractivity (Wildman–Crippen MR) is 99.1 cm³/mol. The Kier molecular flexibility index (Phi) is 9.19. The first kappa shape index (κ1) is 22.0. The number of nitrogens with two attached hydrogens (primary N) is 1. The zero-order valence-corrected chi connectivity index (χ0v) is 16.7. The molecule has 0 radical (unpaired) electrons. The van der Waals surface area contributed by atoms with E-state index in [0.717, 1.165) is 28.7 Å². The number of methoxy groups -OCH3 is 1. The molecule has 0 spiro atoms. The van der Waals surface area contributed by atoms with Gasteiger partial charge >= 0.3 is 5.97 Å². The topological polar surface area (TPSA) is 72.4 Å². The Hall–Kier alpha value is -2.02. The Labute approximate surface area is 167 Å². The molecule has 0 aromatic heterocycles. The highest BCUT2D eigenvalue weighted by Gasteiger charge is 2.12. The Morgan fingerprint density at radius 1 is 1.23 bits per heavy atom. The van der Waals surface area contributed by atoms with Crippen molar-refractivity contribution in [3.63, 3.8) is 0 Å². The van der Waals surface area contributed by atoms with Crippen LogP contribution < -0.4 is 27.2 Å². The van der Waals surface area contributed by atoms with Crippen LogP contribution in [-0.4, -0.2) is 24.8 Å². The molecule has 0 aliphatic carbocycles. The summed E-state index contributed by atoms with van der Waals surface area (Å²) in [5, 5.41) is 11.1. The first-order valence-electron chi connectivity index (χ1n) is 7.79. The van der Waals surface area contributed by atoms with Crippen LogP contribution in [-0.2, 0) is 13.1 Å². The van der Waals surface area contributed by atoms with E-state index in [2.05, 4.69) is 27.8 Å². The number of aromatic carboxylic acids is 1. The van der Waals surface area contributed by atoms with Crippen LogP contribution in [0.4, 0.5) is 0 Å². The highest BCUT2D eigenvalue weighted by atomic mass is 79.9. The lowest BCUT2D eigenvalue weighted by atomic mass is 10.1. The third kappa shape index (κ3) is 6.05. The molecule has 7 heteroatoms. The molecule has 2 rings (SSSR count). The summed E-state index contributed by atoms with van der Waals surface area (Å²) in [5.41, 5.74) is 2.46. The number of carbonyl (C=O) groups is 1. The lowest BCUT2D eigenvalue weighted by molar-refractivity contribution is -0.686. The van der Waals surface area contributed by atoms with Crippen LogP contribution >= 0.6 is 15.9 Å². The van der Waals surface area contributed by atoms with Crippen LogP contribution in [0.15, 0.2) is 53.5 Å². The van der Waals surface area contributed by atoms with E-state index in [-0.39, 0.29) is 12.4 Å². The molecular weight excluding hydrogens is 422 g/mol. The number of hydrogen-bond acceptors (Lipinski definition) is 3. The van der Waals surface area contributed by atoms with Crippen molar-refractivity contribution in [2.45, 2.75) is 13.1 Å². The second-order valence-corrected chi connectivity index (χ2v) is 6.26. The summed E-state index contributed by atoms with van der Waals surface area (Å²) in [6.45, 7) is 5.57. The molecule has 140 valence electrons. The fraction of sp³-hybridized carbons (Fsp3) is 0.211. The van der Waals surface area contributed by atoms with E-state index in [1.165, 1.54) is 0 Å². The van der Waals surface area contributed by atoms with Crippen molar-refractivity contribution in [1.29, 1.82) is 0 Å². The molecule has 0 aliphatic rings. The van der Waals surface area contributed by atoms with Gasteiger partial charge in [-0.1, -0.05) is 24.8 Å². The first-order valence-corrected chi connectivity index (χ1v) is 8.58. The largest absolute Gasteiger partial charge is 1.00 e. The maximum absolute atomic E-state index is 10.9. The van der Waals surface area contributed by atoms with Crippen molar-refractivity contribution in [2.24, 2.45) is 0 Å². The summed E-state index contributed by atoms with van der Waals surface area (Å²) < 4.78 is 11.9. The van der Waals surface area contributed by atoms with Gasteiger partial charge in [-0.05, 0) is 40.2 Å². The Morgan fingerprint density at radius 2 is 1.88 bits per heavy atom. The molecule has 2 aromatic rings. The SMILES string of the molecule is C=CCOc1c(Br)cc(C[NH2+]Cc2ccc(C(=O)O)cc2)cc1OC.[Cl-]. The average Bonchev–Trinajstić information content (AvgIpc) is 2.61. The Bertz CT molecular complexity index is 750. The van der Waals surface area contributed by atoms with E-state index in [1.807, 2.05) is 24.3 Å². The number of carboxylic acid groups (broad SMARTS) is 1. The van der Waals surface area contributed by atoms with Gasteiger partial charge in [-0.15, -0.1) is 0 Å². The number of hydrogen-bond donors (Lipinski definition) is 2. The van der Waals surface area contributed by atoms with Gasteiger partial charge in [-0.2, -0.15) is 0 Å². The molecule has 0 saturated heterocycles. The van der Waals surface area contributed by atoms with E-state index in [9.17, 15) is 4.79 Å². The third-order valence-corrected chi connectivity index (χ3v) is 4.18. The fourth-order valence-corrected chi connectivity index (χ4v) is 2.97. The highest BCUT2D eigenvalue weighted by Crippen LogP contribution is 2.36. The van der Waals surface area contributed by atoms with Gasteiger partial charge in [0.15, 0.2) is 11.5 Å². The van der Waals surface area contributed by atoms with E-state index in [4.69, 9.17) is 14.6 Å². The molecular formula is C19H21BrClNO4. The summed E-state index contributed by atoms with van der Waals surface area (Å²) in [6.07, 6.45) is 1.68. The number of ether oxygens (including phenoxy) is 2. The quantitative estimate of drug-likeness (QED) is 0.536. The third-order valence-electron chi connectivity index (χ3n) is 3.60. The molecule has 0 bridgehead atoms. The summed E-state index contributed by atoms with van der Waals surface area (Å²) in [4.78, 5) is 10.9. The molecule has 0 heterocycles. The number of carboxylic acids is 1. The predicted octanol–water partition coefficient (Wildman–Crippen LogP) is -0.0117. The van der Waals surface area contributed by atoms with Gasteiger partial charge in [-0.3, -0.25) is 0 Å². The van der Waals surface area contributed by atoms with Crippen LogP contribution in [0.2, 0.25) is 0 Å². The van der Waals surface area contributed by atoms with Crippen molar-refractivity contribution in [3.8, 4) is 11.5 Å². The monoisotopic (exact) mass is 441 g/mol. The summed E-state index contributed by atoms with van der Waals surface area (Å²) in [6, 6.07) is 10.9. The van der Waals surface area contributed by atoms with Gasteiger partial charge in [-0.25, -0.2) is 4.79 Å². The summed E-state index contributed by atoms with van der Waals surface area (Å²) in [5.74, 6) is 0.423. The van der Waals surface area contributed by atoms with Crippen LogP contribution in [0.25, 0.3) is 0 Å². The molecule has 0 unspecified atom stereocenters. The van der Waals surface area contributed by atoms with Crippen molar-refractivity contribution >= 4 is 21.9 Å². The van der Waals surface area contributed by atoms with Gasteiger partial charge in [0, 0.05) is 11.1 Å². The van der Waals surface area contributed by atoms with Gasteiger partial charge in [0.25, 0.3) is 0 Å². The standard InChI is InChI=1S/C19H20BrNO4.ClH/c1-3-8-25-18-16(20)9-14(10-17(18)24-2)12-21-11-13-4-6-15(7-5-13)19(22)23;/h3-7,9-10,21H,1,8,11-12H2,2H3,(H,22,23);1H. The zero-order valence-electron chi connectivity index (χ0n) is 14.4. The first-order chi connectivity index (χ1) is 12.0. The lowest BCUT2D eigenvalue weighted by Gasteiger charge is -2.13. The number of quaternary nitrogens is 1. The maximum atomic E-state index is 10.9. The van der Waals surface area contributed by atoms with E-state index in [0.29, 0.717) is 23.7 Å². The Morgan fingerprint density at radius 3 is 2.46 bits per heavy atom. The lowest BCUT2D eigenvalue weighted by Crippen LogP contribution is -3.00. The second kappa shape index (κ2) is 10.9. The molecule has 5 nitrogen and oxygen atoms in total. The molecule has 0 fully saturated rings. The number of rotatable bonds is 9. The van der Waals surface area contributed by atoms with Crippen molar-refractivity contribution in [3.05, 3.63) is 70.2 Å². The summed E-state index contributed by atoms with van der Waals surface area (Å²) >= 11 is 3.52. The maximum Gasteiger partial charge on any atom is 0.335 e. The minimum atomic E-state index is -0.911. The molecule has 0 atom stereocenters. The molecule has 0 amide bonds. The van der Waals surface area contributed by atoms with Gasteiger partial charge < -0.3 is 32.3 Å². The highest BCUT2D eigenvalue weighted by molar-refractivity contribution is 9.10. The van der Waals surface area contributed by atoms with Crippen LogP contribution in [0.3, 0.4) is 0 Å². The summed E-state index contributed by atoms with van der Waals surface area (Å²) in [7, 11) is 1.61. The molecule has 0 aliphatic heterocycles. The van der Waals surface area contributed by atoms with Gasteiger partial charge in [0.1, 0.15) is 19.7 Å². The van der Waals surface area contributed by atoms with E-state index in [1.54, 1.807) is 25.3 Å². The minimum Gasteiger partial charge on any atom is -1.00 e. The number of halogens is 2. The van der Waals surface area contributed by atoms with E-state index < -0.39 is 5.97 Å². The molecule has 0 saturated carbocycles.